The van der Waals surface area contributed by atoms with E-state index >= 15 is 0 Å². The molecule has 2 aliphatic heterocycles. The molecule has 0 spiro atoms. The van der Waals surface area contributed by atoms with Gasteiger partial charge < -0.3 is 9.47 Å². The van der Waals surface area contributed by atoms with Gasteiger partial charge in [0.05, 0.1) is 0 Å². The van der Waals surface area contributed by atoms with Gasteiger partial charge in [-0.15, -0.1) is 0 Å². The van der Waals surface area contributed by atoms with Gasteiger partial charge in [-0.2, -0.15) is 0 Å². The highest BCUT2D eigenvalue weighted by Gasteiger charge is 2.30. The van der Waals surface area contributed by atoms with Crippen LogP contribution >= 0.6 is 0 Å². The van der Waals surface area contributed by atoms with Crippen molar-refractivity contribution >= 4 is 11.8 Å². The minimum atomic E-state index is 0.0262. The third-order valence-corrected chi connectivity index (χ3v) is 3.85. The monoisotopic (exact) mass is 292 g/mol. The van der Waals surface area contributed by atoms with Crippen LogP contribution in [0.25, 0.3) is 0 Å². The van der Waals surface area contributed by atoms with Crippen LogP contribution in [0.5, 0.6) is 0 Å². The third-order valence-electron chi connectivity index (χ3n) is 3.85. The van der Waals surface area contributed by atoms with E-state index in [0.717, 1.165) is 11.1 Å². The molecule has 2 atom stereocenters. The summed E-state index contributed by atoms with van der Waals surface area (Å²) in [6.07, 6.45) is 0. The van der Waals surface area contributed by atoms with Crippen molar-refractivity contribution in [3.63, 3.8) is 0 Å². The number of ether oxygens (including phenoxy) is 2. The minimum absolute atomic E-state index is 0.0262. The van der Waals surface area contributed by atoms with Crippen LogP contribution in [-0.4, -0.2) is 25.0 Å². The first-order valence-corrected chi connectivity index (χ1v) is 7.41. The van der Waals surface area contributed by atoms with Gasteiger partial charge in [0.2, 0.25) is 0 Å². The maximum atomic E-state index is 5.68. The van der Waals surface area contributed by atoms with E-state index in [1.807, 2.05) is 36.4 Å². The van der Waals surface area contributed by atoms with E-state index in [0.29, 0.717) is 25.0 Å². The molecule has 0 bridgehead atoms. The van der Waals surface area contributed by atoms with Crippen molar-refractivity contribution in [3.05, 3.63) is 71.8 Å². The smallest absolute Gasteiger partial charge is 0.273 e. The second-order valence-electron chi connectivity index (χ2n) is 5.34. The van der Waals surface area contributed by atoms with Crippen LogP contribution < -0.4 is 0 Å². The van der Waals surface area contributed by atoms with E-state index in [4.69, 9.17) is 9.47 Å². The summed E-state index contributed by atoms with van der Waals surface area (Å²) in [5, 5.41) is 0. The van der Waals surface area contributed by atoms with Crippen LogP contribution in [-0.2, 0) is 9.47 Å². The molecule has 2 aromatic rings. The lowest BCUT2D eigenvalue weighted by molar-refractivity contribution is 0.295. The number of hydrogen-bond donors (Lipinski definition) is 0. The van der Waals surface area contributed by atoms with Crippen LogP contribution in [0.2, 0.25) is 0 Å². The van der Waals surface area contributed by atoms with E-state index < -0.39 is 0 Å². The Kier molecular flexibility index (Phi) is 3.35. The molecule has 2 heterocycles. The largest absolute Gasteiger partial charge is 0.471 e. The zero-order chi connectivity index (χ0) is 14.8. The Morgan fingerprint density at radius 1 is 0.636 bits per heavy atom. The second-order valence-corrected chi connectivity index (χ2v) is 5.34. The van der Waals surface area contributed by atoms with Gasteiger partial charge in [-0.1, -0.05) is 60.7 Å². The van der Waals surface area contributed by atoms with Crippen LogP contribution in [0.3, 0.4) is 0 Å². The summed E-state index contributed by atoms with van der Waals surface area (Å²) in [6, 6.07) is 20.3. The van der Waals surface area contributed by atoms with Crippen LogP contribution in [0.1, 0.15) is 23.2 Å². The number of hydrogen-bond acceptors (Lipinski definition) is 4. The fourth-order valence-corrected chi connectivity index (χ4v) is 2.67. The predicted octanol–water partition coefficient (Wildman–Crippen LogP) is 3.33. The topological polar surface area (TPSA) is 43.2 Å². The predicted molar refractivity (Wildman–Crippen MR) is 85.1 cm³/mol. The summed E-state index contributed by atoms with van der Waals surface area (Å²) < 4.78 is 11.4. The van der Waals surface area contributed by atoms with Crippen molar-refractivity contribution in [2.24, 2.45) is 9.98 Å². The molecule has 110 valence electrons. The molecule has 0 amide bonds. The van der Waals surface area contributed by atoms with Gasteiger partial charge in [-0.25, -0.2) is 9.98 Å². The first kappa shape index (κ1) is 13.1. The van der Waals surface area contributed by atoms with Gasteiger partial charge in [0.1, 0.15) is 25.3 Å². The average Bonchev–Trinajstić information content (AvgIpc) is 3.26. The Balaban J connectivity index is 1.54. The van der Waals surface area contributed by atoms with Gasteiger partial charge in [-0.3, -0.25) is 0 Å². The van der Waals surface area contributed by atoms with Crippen molar-refractivity contribution in [1.29, 1.82) is 0 Å². The molecule has 0 N–H and O–H groups in total. The van der Waals surface area contributed by atoms with Crippen LogP contribution in [0, 0.1) is 0 Å². The number of benzene rings is 2. The lowest BCUT2D eigenvalue weighted by Gasteiger charge is -2.03. The van der Waals surface area contributed by atoms with E-state index in [2.05, 4.69) is 34.3 Å². The molecular weight excluding hydrogens is 276 g/mol. The number of nitrogens with zero attached hydrogens (tertiary/aromatic N) is 2. The third kappa shape index (κ3) is 2.48. The molecule has 2 aromatic carbocycles. The van der Waals surface area contributed by atoms with Gasteiger partial charge in [0, 0.05) is 0 Å². The number of aliphatic imine (C=N–C) groups is 2. The van der Waals surface area contributed by atoms with Crippen molar-refractivity contribution in [3.8, 4) is 0 Å². The molecule has 0 fully saturated rings. The summed E-state index contributed by atoms with van der Waals surface area (Å²) in [5.41, 5.74) is 2.30. The summed E-state index contributed by atoms with van der Waals surface area (Å²) in [4.78, 5) is 9.21. The Labute approximate surface area is 129 Å². The summed E-state index contributed by atoms with van der Waals surface area (Å²) in [6.45, 7) is 1.08. The van der Waals surface area contributed by atoms with Gasteiger partial charge >= 0.3 is 0 Å². The molecule has 4 heteroatoms. The van der Waals surface area contributed by atoms with Crippen LogP contribution in [0.15, 0.2) is 70.6 Å². The Morgan fingerprint density at radius 3 is 1.45 bits per heavy atom. The molecule has 2 aliphatic rings. The Bertz CT molecular complexity index is 647. The van der Waals surface area contributed by atoms with E-state index in [1.54, 1.807) is 0 Å². The van der Waals surface area contributed by atoms with E-state index in [9.17, 15) is 0 Å². The fourth-order valence-electron chi connectivity index (χ4n) is 2.67. The van der Waals surface area contributed by atoms with Crippen molar-refractivity contribution in [2.75, 3.05) is 13.2 Å². The highest BCUT2D eigenvalue weighted by molar-refractivity contribution is 6.36. The maximum Gasteiger partial charge on any atom is 0.273 e. The molecule has 4 nitrogen and oxygen atoms in total. The zero-order valence-corrected chi connectivity index (χ0v) is 12.1. The lowest BCUT2D eigenvalue weighted by atomic mass is 10.1. The molecule has 0 saturated carbocycles. The normalized spacial score (nSPS) is 23.5. The van der Waals surface area contributed by atoms with Gasteiger partial charge in [0.15, 0.2) is 0 Å². The molecule has 0 saturated heterocycles. The Hall–Kier alpha value is -2.62. The van der Waals surface area contributed by atoms with Gasteiger partial charge in [0.25, 0.3) is 11.8 Å². The molecule has 0 aromatic heterocycles. The molecule has 4 rings (SSSR count). The summed E-state index contributed by atoms with van der Waals surface area (Å²) >= 11 is 0. The number of rotatable bonds is 3. The molecule has 0 aliphatic carbocycles. The highest BCUT2D eigenvalue weighted by atomic mass is 16.5. The first-order valence-electron chi connectivity index (χ1n) is 7.41. The fraction of sp³-hybridized carbons (Fsp3) is 0.222. The quantitative estimate of drug-likeness (QED) is 0.871. The van der Waals surface area contributed by atoms with Crippen molar-refractivity contribution in [1.82, 2.24) is 0 Å². The Morgan fingerprint density at radius 2 is 1.05 bits per heavy atom. The summed E-state index contributed by atoms with van der Waals surface area (Å²) in [5.74, 6) is 1.04. The minimum Gasteiger partial charge on any atom is -0.471 e. The standard InChI is InChI=1S/C18H16N2O2/c1-3-7-13(8-4-1)15-11-21-17(19-15)18-20-16(12-22-18)14-9-5-2-6-10-14/h1-10,15-16H,11-12H2. The SMILES string of the molecule is c1ccc(C2COC(C3=NC(c4ccccc4)CO3)=N2)cc1. The zero-order valence-electron chi connectivity index (χ0n) is 12.1. The van der Waals surface area contributed by atoms with E-state index in [-0.39, 0.29) is 12.1 Å². The lowest BCUT2D eigenvalue weighted by Crippen LogP contribution is -2.14. The first-order chi connectivity index (χ1) is 10.9. The van der Waals surface area contributed by atoms with Crippen molar-refractivity contribution < 1.29 is 9.47 Å². The molecule has 0 radical (unpaired) electrons. The van der Waals surface area contributed by atoms with Crippen molar-refractivity contribution in [2.45, 2.75) is 12.1 Å². The highest BCUT2D eigenvalue weighted by Crippen LogP contribution is 2.27. The van der Waals surface area contributed by atoms with Gasteiger partial charge in [-0.05, 0) is 11.1 Å². The second kappa shape index (κ2) is 5.64. The maximum absolute atomic E-state index is 5.68. The molecule has 22 heavy (non-hydrogen) atoms. The summed E-state index contributed by atoms with van der Waals surface area (Å²) in [7, 11) is 0. The molecular formula is C18H16N2O2. The molecule has 2 unspecified atom stereocenters. The average molecular weight is 292 g/mol. The van der Waals surface area contributed by atoms with Crippen LogP contribution in [0.4, 0.5) is 0 Å². The van der Waals surface area contributed by atoms with E-state index in [1.165, 1.54) is 0 Å².